The van der Waals surface area contributed by atoms with Crippen LogP contribution in [0.3, 0.4) is 0 Å². The Kier molecular flexibility index (Phi) is 6.26. The number of hydrogen-bond donors (Lipinski definition) is 6. The van der Waals surface area contributed by atoms with Gasteiger partial charge in [0.05, 0.1) is 42.6 Å². The lowest BCUT2D eigenvalue weighted by atomic mass is 9.69. The van der Waals surface area contributed by atoms with Crippen LogP contribution in [0.25, 0.3) is 11.1 Å². The van der Waals surface area contributed by atoms with Crippen molar-refractivity contribution in [1.29, 1.82) is 0 Å². The largest absolute Gasteiger partial charge is 0.508 e. The van der Waals surface area contributed by atoms with Gasteiger partial charge in [0.15, 0.2) is 23.1 Å². The van der Waals surface area contributed by atoms with Crippen LogP contribution >= 0.6 is 0 Å². The fourth-order valence-corrected chi connectivity index (χ4v) is 6.27. The molecule has 3 atom stereocenters. The molecule has 0 unspecified atom stereocenters. The molecule has 0 bridgehead atoms. The molecular weight excluding hydrogens is 576 g/mol. The van der Waals surface area contributed by atoms with E-state index in [2.05, 4.69) is 0 Å². The summed E-state index contributed by atoms with van der Waals surface area (Å²) < 4.78 is 11.1. The van der Waals surface area contributed by atoms with Crippen LogP contribution in [-0.4, -0.2) is 85.8 Å². The summed E-state index contributed by atoms with van der Waals surface area (Å²) in [6.07, 6.45) is -4.02. The molecule has 0 saturated heterocycles. The average Bonchev–Trinajstić information content (AvgIpc) is 2.97. The lowest BCUT2D eigenvalue weighted by Gasteiger charge is -2.41. The number of carbonyl (C=O) groups is 4. The number of phenolic OH excluding ortho intramolecular Hbond substituents is 3. The molecule has 0 amide bonds. The summed E-state index contributed by atoms with van der Waals surface area (Å²) in [6, 6.07) is 4.61. The van der Waals surface area contributed by atoms with E-state index in [4.69, 9.17) is 9.47 Å². The van der Waals surface area contributed by atoms with E-state index in [1.165, 1.54) is 13.2 Å². The highest BCUT2D eigenvalue weighted by atomic mass is 16.5. The van der Waals surface area contributed by atoms with Crippen LogP contribution < -0.4 is 9.47 Å². The van der Waals surface area contributed by atoms with Gasteiger partial charge in [0.1, 0.15) is 40.5 Å². The number of fused-ring (bicyclic) bond motifs is 3. The second-order valence-corrected chi connectivity index (χ2v) is 11.2. The van der Waals surface area contributed by atoms with Crippen molar-refractivity contribution in [3.63, 3.8) is 0 Å². The first kappa shape index (κ1) is 29.1. The van der Waals surface area contributed by atoms with Crippen molar-refractivity contribution < 1.29 is 59.3 Å². The van der Waals surface area contributed by atoms with Crippen LogP contribution in [-0.2, 0) is 0 Å². The number of ether oxygens (including phenoxy) is 2. The number of phenols is 3. The smallest absolute Gasteiger partial charge is 0.198 e. The number of benzene rings is 3. The number of carbonyl (C=O) groups excluding carboxylic acids is 4. The van der Waals surface area contributed by atoms with E-state index in [9.17, 15) is 49.8 Å². The third-order valence-corrected chi connectivity index (χ3v) is 8.69. The summed E-state index contributed by atoms with van der Waals surface area (Å²) in [7, 11) is 2.36. The van der Waals surface area contributed by atoms with Crippen molar-refractivity contribution in [1.82, 2.24) is 0 Å². The molecule has 0 saturated carbocycles. The summed E-state index contributed by atoms with van der Waals surface area (Å²) in [4.78, 5) is 54.7. The van der Waals surface area contributed by atoms with Gasteiger partial charge in [-0.3, -0.25) is 19.2 Å². The Morgan fingerprint density at radius 1 is 0.682 bits per heavy atom. The van der Waals surface area contributed by atoms with E-state index in [-0.39, 0.29) is 56.2 Å². The first-order valence-electron chi connectivity index (χ1n) is 13.4. The van der Waals surface area contributed by atoms with Crippen molar-refractivity contribution in [2.45, 2.75) is 38.1 Å². The molecule has 0 fully saturated rings. The topological polar surface area (TPSA) is 208 Å². The predicted molar refractivity (Wildman–Crippen MR) is 151 cm³/mol. The molecule has 6 N–H and O–H groups in total. The Labute approximate surface area is 249 Å². The van der Waals surface area contributed by atoms with Gasteiger partial charge in [0.25, 0.3) is 0 Å². The quantitative estimate of drug-likeness (QED) is 0.199. The van der Waals surface area contributed by atoms with E-state index in [1.54, 1.807) is 6.92 Å². The molecule has 226 valence electrons. The van der Waals surface area contributed by atoms with Crippen LogP contribution in [0.4, 0.5) is 0 Å². The monoisotopic (exact) mass is 602 g/mol. The summed E-state index contributed by atoms with van der Waals surface area (Å²) in [6.45, 7) is 2.66. The zero-order chi connectivity index (χ0) is 32.2. The summed E-state index contributed by atoms with van der Waals surface area (Å²) in [5, 5.41) is 64.4. The molecule has 0 aromatic heterocycles. The first-order chi connectivity index (χ1) is 20.7. The van der Waals surface area contributed by atoms with Crippen molar-refractivity contribution in [2.24, 2.45) is 0 Å². The van der Waals surface area contributed by atoms with Gasteiger partial charge in [-0.25, -0.2) is 0 Å². The minimum absolute atomic E-state index is 0.0351. The van der Waals surface area contributed by atoms with Gasteiger partial charge in [-0.2, -0.15) is 0 Å². The SMILES string of the molecule is COc1c(-c2cc(O)c3c(c2OC)C(=O)c2cc(O)c(C)cc2C3=O)cc(O)c2c1C(=O)C1=C(C[C@H](O)[C@](C)(O)[C@@H]1O)C2=O. The fraction of sp³-hybridized carbons (Fsp3) is 0.250. The summed E-state index contributed by atoms with van der Waals surface area (Å²) in [5.41, 5.74) is -4.63. The van der Waals surface area contributed by atoms with Gasteiger partial charge in [0.2, 0.25) is 0 Å². The molecule has 6 rings (SSSR count). The number of aliphatic hydroxyl groups excluding tert-OH is 2. The number of aryl methyl sites for hydroxylation is 1. The van der Waals surface area contributed by atoms with Crippen LogP contribution in [0.1, 0.15) is 71.5 Å². The molecule has 3 aliphatic carbocycles. The maximum Gasteiger partial charge on any atom is 0.198 e. The Morgan fingerprint density at radius 3 is 1.68 bits per heavy atom. The van der Waals surface area contributed by atoms with Gasteiger partial charge in [-0.1, -0.05) is 0 Å². The molecule has 12 nitrogen and oxygen atoms in total. The number of aromatic hydroxyl groups is 3. The summed E-state index contributed by atoms with van der Waals surface area (Å²) >= 11 is 0. The van der Waals surface area contributed by atoms with E-state index in [0.717, 1.165) is 32.2 Å². The summed E-state index contributed by atoms with van der Waals surface area (Å²) in [5.74, 6) is -5.41. The minimum Gasteiger partial charge on any atom is -0.508 e. The zero-order valence-corrected chi connectivity index (χ0v) is 23.8. The minimum atomic E-state index is -2.18. The highest BCUT2D eigenvalue weighted by Crippen LogP contribution is 2.52. The second kappa shape index (κ2) is 9.48. The van der Waals surface area contributed by atoms with Crippen molar-refractivity contribution in [3.05, 3.63) is 74.4 Å². The molecule has 0 radical (unpaired) electrons. The molecule has 44 heavy (non-hydrogen) atoms. The number of methoxy groups -OCH3 is 2. The molecule has 3 aromatic rings. The van der Waals surface area contributed by atoms with Gasteiger partial charge in [0, 0.05) is 39.8 Å². The second-order valence-electron chi connectivity index (χ2n) is 11.2. The lowest BCUT2D eigenvalue weighted by molar-refractivity contribution is -0.126. The Morgan fingerprint density at radius 2 is 1.14 bits per heavy atom. The molecule has 3 aromatic carbocycles. The average molecular weight is 603 g/mol. The molecule has 0 heterocycles. The van der Waals surface area contributed by atoms with Crippen LogP contribution in [0.2, 0.25) is 0 Å². The molecular formula is C32H26O12. The Balaban J connectivity index is 1.62. The maximum atomic E-state index is 13.9. The lowest BCUT2D eigenvalue weighted by Crippen LogP contribution is -2.56. The van der Waals surface area contributed by atoms with Crippen LogP contribution in [0.15, 0.2) is 35.4 Å². The Bertz CT molecular complexity index is 1930. The van der Waals surface area contributed by atoms with Crippen LogP contribution in [0, 0.1) is 6.92 Å². The van der Waals surface area contributed by atoms with Gasteiger partial charge >= 0.3 is 0 Å². The number of rotatable bonds is 3. The third kappa shape index (κ3) is 3.62. The highest BCUT2D eigenvalue weighted by molar-refractivity contribution is 6.32. The molecule has 0 spiro atoms. The van der Waals surface area contributed by atoms with Crippen molar-refractivity contribution >= 4 is 23.1 Å². The highest BCUT2D eigenvalue weighted by Gasteiger charge is 2.52. The molecule has 3 aliphatic rings. The molecule has 0 aliphatic heterocycles. The van der Waals surface area contributed by atoms with Crippen LogP contribution in [0.5, 0.6) is 28.7 Å². The van der Waals surface area contributed by atoms with Gasteiger partial charge in [-0.05, 0) is 43.7 Å². The van der Waals surface area contributed by atoms with Gasteiger partial charge < -0.3 is 40.1 Å². The first-order valence-corrected chi connectivity index (χ1v) is 13.4. The number of aliphatic hydroxyl groups is 3. The van der Waals surface area contributed by atoms with E-state index < -0.39 is 75.6 Å². The normalized spacial score (nSPS) is 22.3. The van der Waals surface area contributed by atoms with Crippen molar-refractivity contribution in [3.8, 4) is 39.9 Å². The zero-order valence-electron chi connectivity index (χ0n) is 23.8. The fourth-order valence-electron chi connectivity index (χ4n) is 6.27. The molecule has 12 heteroatoms. The third-order valence-electron chi connectivity index (χ3n) is 8.69. The standard InChI is InChI=1S/C32H26O12/c1-10-5-11-12(6-16(10)33)26(38)23-21(25(11)37)17(34)7-13(29(23)43-3)14-8-18(35)22-24(30(14)44-4)28(40)20-15(27(22)39)9-19(36)32(2,42)31(20)41/h5-8,19,31,33-36,41-42H,9H2,1-4H3/t19-,31+,32-/m0/s1. The van der Waals surface area contributed by atoms with E-state index in [1.807, 2.05) is 0 Å². The number of Topliss-reactive ketones (excluding diaryl/α,β-unsaturated/α-hetero) is 2. The van der Waals surface area contributed by atoms with E-state index >= 15 is 0 Å². The number of ketones is 4. The maximum absolute atomic E-state index is 13.9. The Hall–Kier alpha value is -5.04. The van der Waals surface area contributed by atoms with Crippen molar-refractivity contribution in [2.75, 3.05) is 14.2 Å². The predicted octanol–water partition coefficient (Wildman–Crippen LogP) is 2.12. The van der Waals surface area contributed by atoms with E-state index in [0.29, 0.717) is 5.56 Å². The van der Waals surface area contributed by atoms with Gasteiger partial charge in [-0.15, -0.1) is 0 Å². The number of hydrogen-bond acceptors (Lipinski definition) is 12.